The molecule has 1 aliphatic carbocycles. The summed E-state index contributed by atoms with van der Waals surface area (Å²) in [5, 5.41) is 3.60. The van der Waals surface area contributed by atoms with E-state index in [9.17, 15) is 0 Å². The van der Waals surface area contributed by atoms with Crippen molar-refractivity contribution in [1.82, 2.24) is 5.32 Å². The zero-order chi connectivity index (χ0) is 12.6. The maximum Gasteiger partial charge on any atom is 0.0185 e. The third-order valence-corrected chi connectivity index (χ3v) is 4.71. The summed E-state index contributed by atoms with van der Waals surface area (Å²) in [7, 11) is 0. The van der Waals surface area contributed by atoms with Gasteiger partial charge in [-0.25, -0.2) is 0 Å². The number of hydrogen-bond donors (Lipinski definition) is 1. The Kier molecular flexibility index (Phi) is 6.09. The first-order chi connectivity index (χ1) is 8.84. The van der Waals surface area contributed by atoms with E-state index in [1.165, 1.54) is 49.1 Å². The van der Waals surface area contributed by atoms with Crippen molar-refractivity contribution in [2.45, 2.75) is 38.4 Å². The van der Waals surface area contributed by atoms with E-state index in [1.54, 1.807) is 0 Å². The third-order valence-electron chi connectivity index (χ3n) is 3.68. The summed E-state index contributed by atoms with van der Waals surface area (Å²) in [5.74, 6) is 3.33. The molecular formula is C16H25NS. The monoisotopic (exact) mass is 263 g/mol. The first-order valence-corrected chi connectivity index (χ1v) is 8.34. The van der Waals surface area contributed by atoms with Crippen molar-refractivity contribution in [3.63, 3.8) is 0 Å². The van der Waals surface area contributed by atoms with Gasteiger partial charge in [-0.05, 0) is 37.8 Å². The van der Waals surface area contributed by atoms with Gasteiger partial charge < -0.3 is 5.32 Å². The number of aryl methyl sites for hydroxylation is 1. The van der Waals surface area contributed by atoms with E-state index in [1.807, 2.05) is 11.8 Å². The average Bonchev–Trinajstić information content (AvgIpc) is 2.87. The minimum atomic E-state index is 0.965. The van der Waals surface area contributed by atoms with Crippen LogP contribution in [0.4, 0.5) is 0 Å². The van der Waals surface area contributed by atoms with Gasteiger partial charge in [0.25, 0.3) is 0 Å². The molecule has 1 nitrogen and oxygen atoms in total. The molecule has 0 saturated heterocycles. The van der Waals surface area contributed by atoms with Gasteiger partial charge in [-0.15, -0.1) is 0 Å². The molecule has 0 bridgehead atoms. The Morgan fingerprint density at radius 2 is 2.11 bits per heavy atom. The largest absolute Gasteiger partial charge is 0.316 e. The second kappa shape index (κ2) is 7.85. The van der Waals surface area contributed by atoms with Crippen LogP contribution in [0.1, 0.15) is 36.8 Å². The van der Waals surface area contributed by atoms with Gasteiger partial charge in [0.2, 0.25) is 0 Å². The molecule has 2 rings (SSSR count). The summed E-state index contributed by atoms with van der Waals surface area (Å²) in [6, 6.07) is 8.84. The first kappa shape index (κ1) is 14.0. The maximum absolute atomic E-state index is 3.60. The van der Waals surface area contributed by atoms with Crippen molar-refractivity contribution >= 4 is 11.8 Å². The van der Waals surface area contributed by atoms with E-state index in [2.05, 4.69) is 36.5 Å². The van der Waals surface area contributed by atoms with Crippen LogP contribution in [0.2, 0.25) is 0 Å². The molecule has 0 heterocycles. The molecule has 0 amide bonds. The highest BCUT2D eigenvalue weighted by atomic mass is 32.2. The van der Waals surface area contributed by atoms with Gasteiger partial charge in [0, 0.05) is 18.1 Å². The highest BCUT2D eigenvalue weighted by molar-refractivity contribution is 7.98. The lowest BCUT2D eigenvalue weighted by atomic mass is 10.1. The summed E-state index contributed by atoms with van der Waals surface area (Å²) in [5.41, 5.74) is 2.82. The van der Waals surface area contributed by atoms with Gasteiger partial charge in [-0.1, -0.05) is 42.7 Å². The van der Waals surface area contributed by atoms with Crippen LogP contribution >= 0.6 is 11.8 Å². The van der Waals surface area contributed by atoms with Crippen molar-refractivity contribution in [3.05, 3.63) is 35.4 Å². The van der Waals surface area contributed by atoms with E-state index in [4.69, 9.17) is 0 Å². The molecule has 0 aliphatic heterocycles. The van der Waals surface area contributed by atoms with E-state index < -0.39 is 0 Å². The lowest BCUT2D eigenvalue weighted by Gasteiger charge is -2.10. The summed E-state index contributed by atoms with van der Waals surface area (Å²) in [6.07, 6.45) is 5.80. The molecule has 0 unspecified atom stereocenters. The van der Waals surface area contributed by atoms with Gasteiger partial charge >= 0.3 is 0 Å². The zero-order valence-electron chi connectivity index (χ0n) is 11.5. The normalized spacial score (nSPS) is 16.3. The third kappa shape index (κ3) is 5.03. The Hall–Kier alpha value is -0.470. The predicted octanol–water partition coefficient (Wildman–Crippen LogP) is 4.01. The molecule has 2 heteroatoms. The molecule has 1 aromatic rings. The van der Waals surface area contributed by atoms with E-state index in [0.717, 1.165) is 18.2 Å². The van der Waals surface area contributed by atoms with Gasteiger partial charge in [0.1, 0.15) is 0 Å². The Morgan fingerprint density at radius 3 is 2.89 bits per heavy atom. The second-order valence-electron chi connectivity index (χ2n) is 5.40. The van der Waals surface area contributed by atoms with Crippen LogP contribution in [0.5, 0.6) is 0 Å². The molecule has 1 aromatic carbocycles. The van der Waals surface area contributed by atoms with Crippen LogP contribution in [0.3, 0.4) is 0 Å². The molecule has 100 valence electrons. The van der Waals surface area contributed by atoms with Crippen LogP contribution in [0.15, 0.2) is 24.3 Å². The van der Waals surface area contributed by atoms with Crippen molar-refractivity contribution in [2.24, 2.45) is 5.92 Å². The van der Waals surface area contributed by atoms with Gasteiger partial charge in [-0.2, -0.15) is 11.8 Å². The summed E-state index contributed by atoms with van der Waals surface area (Å²) in [4.78, 5) is 0. The Balaban J connectivity index is 1.50. The minimum absolute atomic E-state index is 0.965. The molecule has 18 heavy (non-hydrogen) atoms. The molecule has 1 fully saturated rings. The fraction of sp³-hybridized carbons (Fsp3) is 0.625. The van der Waals surface area contributed by atoms with Crippen LogP contribution in [-0.4, -0.2) is 18.8 Å². The quantitative estimate of drug-likeness (QED) is 0.746. The van der Waals surface area contributed by atoms with E-state index in [-0.39, 0.29) is 0 Å². The average molecular weight is 263 g/mol. The van der Waals surface area contributed by atoms with Crippen molar-refractivity contribution in [1.29, 1.82) is 0 Å². The van der Waals surface area contributed by atoms with Crippen LogP contribution < -0.4 is 5.32 Å². The van der Waals surface area contributed by atoms with E-state index >= 15 is 0 Å². The highest BCUT2D eigenvalue weighted by Gasteiger charge is 2.13. The fourth-order valence-corrected chi connectivity index (χ4v) is 3.51. The number of rotatable bonds is 7. The molecule has 0 atom stereocenters. The Labute approximate surface area is 116 Å². The van der Waals surface area contributed by atoms with Gasteiger partial charge in [0.15, 0.2) is 0 Å². The molecule has 1 N–H and O–H groups in total. The smallest absolute Gasteiger partial charge is 0.0185 e. The minimum Gasteiger partial charge on any atom is -0.316 e. The van der Waals surface area contributed by atoms with Crippen LogP contribution in [0.25, 0.3) is 0 Å². The summed E-state index contributed by atoms with van der Waals surface area (Å²) < 4.78 is 0. The number of benzene rings is 1. The Bertz CT molecular complexity index is 345. The standard InChI is InChI=1S/C16H25NS/c1-14-5-4-8-16(11-14)13-18-10-9-17-12-15-6-2-3-7-15/h4-5,8,11,15,17H,2-3,6-7,9-10,12-13H2,1H3. The molecule has 0 radical (unpaired) electrons. The predicted molar refractivity (Wildman–Crippen MR) is 82.2 cm³/mol. The number of hydrogen-bond acceptors (Lipinski definition) is 2. The SMILES string of the molecule is Cc1cccc(CSCCNCC2CCCC2)c1. The molecule has 0 aromatic heterocycles. The Morgan fingerprint density at radius 1 is 1.28 bits per heavy atom. The second-order valence-corrected chi connectivity index (χ2v) is 6.50. The van der Waals surface area contributed by atoms with Crippen LogP contribution in [0, 0.1) is 12.8 Å². The molecule has 1 saturated carbocycles. The fourth-order valence-electron chi connectivity index (χ4n) is 2.66. The lowest BCUT2D eigenvalue weighted by Crippen LogP contribution is -2.23. The molecule has 1 aliphatic rings. The number of nitrogens with one attached hydrogen (secondary N) is 1. The van der Waals surface area contributed by atoms with Crippen molar-refractivity contribution < 1.29 is 0 Å². The highest BCUT2D eigenvalue weighted by Crippen LogP contribution is 2.23. The maximum atomic E-state index is 3.60. The van der Waals surface area contributed by atoms with Crippen LogP contribution in [-0.2, 0) is 5.75 Å². The topological polar surface area (TPSA) is 12.0 Å². The number of thioether (sulfide) groups is 1. The molecule has 0 spiro atoms. The summed E-state index contributed by atoms with van der Waals surface area (Å²) >= 11 is 2.04. The van der Waals surface area contributed by atoms with Crippen molar-refractivity contribution in [3.8, 4) is 0 Å². The van der Waals surface area contributed by atoms with Gasteiger partial charge in [0.05, 0.1) is 0 Å². The molecular weight excluding hydrogens is 238 g/mol. The summed E-state index contributed by atoms with van der Waals surface area (Å²) in [6.45, 7) is 4.56. The first-order valence-electron chi connectivity index (χ1n) is 7.18. The lowest BCUT2D eigenvalue weighted by molar-refractivity contribution is 0.500. The van der Waals surface area contributed by atoms with Crippen molar-refractivity contribution in [2.75, 3.05) is 18.8 Å². The zero-order valence-corrected chi connectivity index (χ0v) is 12.3. The van der Waals surface area contributed by atoms with Gasteiger partial charge in [-0.3, -0.25) is 0 Å². The van der Waals surface area contributed by atoms with E-state index in [0.29, 0.717) is 0 Å².